The van der Waals surface area contributed by atoms with Gasteiger partial charge in [-0.05, 0) is 43.3 Å². The van der Waals surface area contributed by atoms with Crippen molar-refractivity contribution in [2.75, 3.05) is 0 Å². The highest BCUT2D eigenvalue weighted by molar-refractivity contribution is 6.74. The Bertz CT molecular complexity index is 409. The van der Waals surface area contributed by atoms with Gasteiger partial charge in [-0.3, -0.25) is 4.79 Å². The lowest BCUT2D eigenvalue weighted by Gasteiger charge is -2.48. The maximum absolute atomic E-state index is 12.7. The molecule has 0 aromatic rings. The SMILES string of the molecule is CC1CC(=O)C2(CC=CC2)C(O[Si](C)(C)C(C)(C)C)C1. The predicted octanol–water partition coefficient (Wildman–Crippen LogP) is 4.71. The van der Waals surface area contributed by atoms with E-state index in [2.05, 4.69) is 52.9 Å². The van der Waals surface area contributed by atoms with Gasteiger partial charge in [0, 0.05) is 6.42 Å². The van der Waals surface area contributed by atoms with Gasteiger partial charge in [0.15, 0.2) is 8.32 Å². The zero-order valence-electron chi connectivity index (χ0n) is 14.0. The van der Waals surface area contributed by atoms with Gasteiger partial charge in [-0.25, -0.2) is 0 Å². The molecule has 2 aliphatic carbocycles. The Morgan fingerprint density at radius 3 is 2.30 bits per heavy atom. The number of hydrogen-bond donors (Lipinski definition) is 0. The molecule has 2 aliphatic rings. The van der Waals surface area contributed by atoms with Crippen molar-refractivity contribution in [1.29, 1.82) is 0 Å². The van der Waals surface area contributed by atoms with Crippen LogP contribution >= 0.6 is 0 Å². The van der Waals surface area contributed by atoms with Crippen molar-refractivity contribution in [2.24, 2.45) is 11.3 Å². The number of carbonyl (C=O) groups excluding carboxylic acids is 1. The number of rotatable bonds is 2. The molecule has 0 saturated heterocycles. The van der Waals surface area contributed by atoms with Crippen LogP contribution in [0.15, 0.2) is 12.2 Å². The van der Waals surface area contributed by atoms with E-state index in [9.17, 15) is 4.79 Å². The standard InChI is InChI=1S/C17H30O2Si/c1-13-11-14(18)17(9-7-8-10-17)15(12-13)19-20(5,6)16(2,3)4/h7-8,13,15H,9-12H2,1-6H3. The molecule has 2 unspecified atom stereocenters. The fourth-order valence-corrected chi connectivity index (χ4v) is 4.61. The highest BCUT2D eigenvalue weighted by atomic mass is 28.4. The van der Waals surface area contributed by atoms with Crippen LogP contribution in [0, 0.1) is 11.3 Å². The van der Waals surface area contributed by atoms with Crippen LogP contribution in [0.5, 0.6) is 0 Å². The molecule has 0 N–H and O–H groups in total. The van der Waals surface area contributed by atoms with E-state index < -0.39 is 8.32 Å². The summed E-state index contributed by atoms with van der Waals surface area (Å²) < 4.78 is 6.70. The number of carbonyl (C=O) groups is 1. The lowest BCUT2D eigenvalue weighted by Crippen LogP contribution is -2.54. The molecule has 0 radical (unpaired) electrons. The molecule has 1 spiro atoms. The van der Waals surface area contributed by atoms with Gasteiger partial charge in [0.2, 0.25) is 0 Å². The Kier molecular flexibility index (Phi) is 4.07. The summed E-state index contributed by atoms with van der Waals surface area (Å²) in [4.78, 5) is 12.7. The average Bonchev–Trinajstić information content (AvgIpc) is 2.74. The Morgan fingerprint density at radius 2 is 1.80 bits per heavy atom. The van der Waals surface area contributed by atoms with Crippen LogP contribution in [-0.4, -0.2) is 20.2 Å². The molecule has 0 aliphatic heterocycles. The number of hydrogen-bond acceptors (Lipinski definition) is 2. The maximum atomic E-state index is 12.7. The van der Waals surface area contributed by atoms with Crippen molar-refractivity contribution in [3.8, 4) is 0 Å². The minimum Gasteiger partial charge on any atom is -0.413 e. The first kappa shape index (κ1) is 16.0. The first-order chi connectivity index (χ1) is 9.08. The van der Waals surface area contributed by atoms with Crippen molar-refractivity contribution in [1.82, 2.24) is 0 Å². The first-order valence-corrected chi connectivity index (χ1v) is 10.9. The second-order valence-corrected chi connectivity index (χ2v) is 13.1. The largest absolute Gasteiger partial charge is 0.413 e. The Morgan fingerprint density at radius 1 is 1.25 bits per heavy atom. The summed E-state index contributed by atoms with van der Waals surface area (Å²) in [5.74, 6) is 0.897. The van der Waals surface area contributed by atoms with Gasteiger partial charge in [-0.2, -0.15) is 0 Å². The Balaban J connectivity index is 2.25. The maximum Gasteiger partial charge on any atom is 0.192 e. The summed E-state index contributed by atoms with van der Waals surface area (Å²) >= 11 is 0. The highest BCUT2D eigenvalue weighted by Crippen LogP contribution is 2.49. The molecular weight excluding hydrogens is 264 g/mol. The van der Waals surface area contributed by atoms with Crippen molar-refractivity contribution >= 4 is 14.1 Å². The monoisotopic (exact) mass is 294 g/mol. The summed E-state index contributed by atoms with van der Waals surface area (Å²) in [5.41, 5.74) is -0.234. The number of allylic oxidation sites excluding steroid dienone is 2. The zero-order chi connectivity index (χ0) is 15.2. The van der Waals surface area contributed by atoms with E-state index >= 15 is 0 Å². The van der Waals surface area contributed by atoms with Crippen molar-refractivity contribution < 1.29 is 9.22 Å². The number of ketones is 1. The minimum absolute atomic E-state index is 0.120. The molecule has 3 heteroatoms. The van der Waals surface area contributed by atoms with Crippen molar-refractivity contribution in [3.05, 3.63) is 12.2 Å². The summed E-state index contributed by atoms with van der Waals surface area (Å²) in [6.07, 6.45) is 8.02. The lowest BCUT2D eigenvalue weighted by atomic mass is 9.66. The smallest absolute Gasteiger partial charge is 0.192 e. The van der Waals surface area contributed by atoms with Crippen LogP contribution in [0.25, 0.3) is 0 Å². The highest BCUT2D eigenvalue weighted by Gasteiger charge is 2.52. The van der Waals surface area contributed by atoms with E-state index in [0.29, 0.717) is 11.7 Å². The molecule has 1 fully saturated rings. The third-order valence-corrected chi connectivity index (χ3v) is 10.2. The van der Waals surface area contributed by atoms with Gasteiger partial charge in [0.05, 0.1) is 11.5 Å². The molecule has 2 rings (SSSR count). The Hall–Kier alpha value is -0.413. The molecule has 114 valence electrons. The summed E-state index contributed by atoms with van der Waals surface area (Å²) in [5, 5.41) is 0.198. The second-order valence-electron chi connectivity index (χ2n) is 8.37. The second kappa shape index (κ2) is 5.10. The molecular formula is C17H30O2Si. The van der Waals surface area contributed by atoms with Crippen molar-refractivity contribution in [2.45, 2.75) is 77.6 Å². The molecule has 0 aromatic heterocycles. The Labute approximate surface area is 125 Å². The molecule has 0 amide bonds. The van der Waals surface area contributed by atoms with E-state index in [1.165, 1.54) is 0 Å². The van der Waals surface area contributed by atoms with Crippen LogP contribution in [0.1, 0.15) is 53.4 Å². The normalized spacial score (nSPS) is 30.2. The van der Waals surface area contributed by atoms with Crippen LogP contribution in [0.2, 0.25) is 18.1 Å². The third kappa shape index (κ3) is 2.67. The molecule has 20 heavy (non-hydrogen) atoms. The van der Waals surface area contributed by atoms with E-state index in [-0.39, 0.29) is 16.6 Å². The fraction of sp³-hybridized carbons (Fsp3) is 0.824. The zero-order valence-corrected chi connectivity index (χ0v) is 15.0. The topological polar surface area (TPSA) is 26.3 Å². The van der Waals surface area contributed by atoms with E-state index in [4.69, 9.17) is 4.43 Å². The van der Waals surface area contributed by atoms with E-state index in [0.717, 1.165) is 25.7 Å². The average molecular weight is 295 g/mol. The predicted molar refractivity (Wildman–Crippen MR) is 86.3 cm³/mol. The first-order valence-electron chi connectivity index (χ1n) is 7.95. The van der Waals surface area contributed by atoms with E-state index in [1.54, 1.807) is 0 Å². The molecule has 2 atom stereocenters. The lowest BCUT2D eigenvalue weighted by molar-refractivity contribution is -0.140. The minimum atomic E-state index is -1.83. The van der Waals surface area contributed by atoms with Gasteiger partial charge in [0.25, 0.3) is 0 Å². The summed E-state index contributed by atoms with van der Waals surface area (Å²) in [6, 6.07) is 0. The quantitative estimate of drug-likeness (QED) is 0.544. The van der Waals surface area contributed by atoms with Gasteiger partial charge in [0.1, 0.15) is 5.78 Å². The van der Waals surface area contributed by atoms with E-state index in [1.807, 2.05) is 0 Å². The molecule has 0 aromatic carbocycles. The van der Waals surface area contributed by atoms with Crippen LogP contribution < -0.4 is 0 Å². The van der Waals surface area contributed by atoms with Crippen molar-refractivity contribution in [3.63, 3.8) is 0 Å². The van der Waals surface area contributed by atoms with Crippen LogP contribution in [-0.2, 0) is 9.22 Å². The molecule has 0 heterocycles. The fourth-order valence-electron chi connectivity index (χ4n) is 3.23. The molecule has 1 saturated carbocycles. The molecule has 0 bridgehead atoms. The number of Topliss-reactive ketones (excluding diaryl/α,β-unsaturated/α-hetero) is 1. The van der Waals surface area contributed by atoms with Crippen LogP contribution in [0.3, 0.4) is 0 Å². The van der Waals surface area contributed by atoms with Gasteiger partial charge in [-0.1, -0.05) is 39.8 Å². The van der Waals surface area contributed by atoms with Gasteiger partial charge < -0.3 is 4.43 Å². The summed E-state index contributed by atoms with van der Waals surface area (Å²) in [7, 11) is -1.83. The summed E-state index contributed by atoms with van der Waals surface area (Å²) in [6.45, 7) is 13.6. The van der Waals surface area contributed by atoms with Gasteiger partial charge in [-0.15, -0.1) is 0 Å². The third-order valence-electron chi connectivity index (χ3n) is 5.70. The van der Waals surface area contributed by atoms with Gasteiger partial charge >= 0.3 is 0 Å². The van der Waals surface area contributed by atoms with Crippen LogP contribution in [0.4, 0.5) is 0 Å². The molecule has 2 nitrogen and oxygen atoms in total.